The maximum absolute atomic E-state index is 14.1. The van der Waals surface area contributed by atoms with E-state index in [1.807, 2.05) is 0 Å². The Morgan fingerprint density at radius 3 is 2.76 bits per heavy atom. The molecule has 1 unspecified atom stereocenters. The van der Waals surface area contributed by atoms with Gasteiger partial charge in [0.1, 0.15) is 4.90 Å². The molecule has 0 bridgehead atoms. The van der Waals surface area contributed by atoms with Gasteiger partial charge in [0.25, 0.3) is 0 Å². The first-order valence-electron chi connectivity index (χ1n) is 6.75. The highest BCUT2D eigenvalue weighted by atomic mass is 35.5. The molecule has 0 radical (unpaired) electrons. The molecular weight excluding hydrogens is 319 g/mol. The maximum Gasteiger partial charge on any atom is 0.246 e. The van der Waals surface area contributed by atoms with E-state index in [9.17, 15) is 17.9 Å². The van der Waals surface area contributed by atoms with E-state index in [-0.39, 0.29) is 23.9 Å². The van der Waals surface area contributed by atoms with Gasteiger partial charge >= 0.3 is 0 Å². The number of nitrogens with two attached hydrogens (primary N) is 1. The molecule has 1 aromatic rings. The molecule has 0 saturated carbocycles. The second-order valence-electron chi connectivity index (χ2n) is 5.12. The fourth-order valence-electron chi connectivity index (χ4n) is 2.55. The second-order valence-corrected chi connectivity index (χ2v) is 7.38. The van der Waals surface area contributed by atoms with E-state index >= 15 is 0 Å². The molecule has 1 atom stereocenters. The molecule has 21 heavy (non-hydrogen) atoms. The molecule has 2 rings (SSSR count). The minimum atomic E-state index is -4.09. The van der Waals surface area contributed by atoms with Crippen molar-refractivity contribution in [2.75, 3.05) is 18.9 Å². The van der Waals surface area contributed by atoms with Gasteiger partial charge < -0.3 is 10.8 Å². The molecule has 118 valence electrons. The number of sulfonamides is 1. The van der Waals surface area contributed by atoms with Gasteiger partial charge in [0.2, 0.25) is 10.0 Å². The number of nitrogen functional groups attached to an aromatic ring is 1. The third-order valence-corrected chi connectivity index (χ3v) is 5.86. The van der Waals surface area contributed by atoms with Crippen LogP contribution in [0.5, 0.6) is 0 Å². The third kappa shape index (κ3) is 3.31. The molecular formula is C13H18ClFN2O3S. The lowest BCUT2D eigenvalue weighted by atomic mass is 10.1. The molecule has 0 aromatic heterocycles. The fourth-order valence-corrected chi connectivity index (χ4v) is 4.64. The number of rotatable bonds is 3. The van der Waals surface area contributed by atoms with Crippen LogP contribution in [0, 0.1) is 5.82 Å². The van der Waals surface area contributed by atoms with Gasteiger partial charge in [0.15, 0.2) is 5.82 Å². The smallest absolute Gasteiger partial charge is 0.246 e. The van der Waals surface area contributed by atoms with Crippen molar-refractivity contribution in [3.63, 3.8) is 0 Å². The number of aliphatic hydroxyl groups excluding tert-OH is 1. The number of anilines is 1. The third-order valence-electron chi connectivity index (χ3n) is 3.64. The van der Waals surface area contributed by atoms with Crippen LogP contribution in [0.3, 0.4) is 0 Å². The molecule has 5 nitrogen and oxygen atoms in total. The van der Waals surface area contributed by atoms with Crippen molar-refractivity contribution < 1.29 is 17.9 Å². The molecule has 1 aliphatic heterocycles. The highest BCUT2D eigenvalue weighted by Crippen LogP contribution is 2.30. The van der Waals surface area contributed by atoms with Gasteiger partial charge in [-0.25, -0.2) is 12.8 Å². The summed E-state index contributed by atoms with van der Waals surface area (Å²) in [6.45, 7) is -0.0453. The van der Waals surface area contributed by atoms with Crippen molar-refractivity contribution in [1.29, 1.82) is 0 Å². The monoisotopic (exact) mass is 336 g/mol. The number of aliphatic hydroxyl groups is 1. The summed E-state index contributed by atoms with van der Waals surface area (Å²) in [5.41, 5.74) is 5.65. The number of hydrogen-bond acceptors (Lipinski definition) is 4. The maximum atomic E-state index is 14.1. The Balaban J connectivity index is 2.50. The van der Waals surface area contributed by atoms with Gasteiger partial charge in [-0.15, -0.1) is 0 Å². The summed E-state index contributed by atoms with van der Waals surface area (Å²) in [6.07, 6.45) is 2.93. The Morgan fingerprint density at radius 1 is 1.38 bits per heavy atom. The predicted octanol–water partition coefficient (Wildman–Crippen LogP) is 1.99. The number of hydrogen-bond donors (Lipinski definition) is 2. The zero-order valence-electron chi connectivity index (χ0n) is 11.4. The largest absolute Gasteiger partial charge is 0.399 e. The first-order valence-corrected chi connectivity index (χ1v) is 8.57. The van der Waals surface area contributed by atoms with Crippen LogP contribution in [0.15, 0.2) is 17.0 Å². The number of halogens is 2. The van der Waals surface area contributed by atoms with Crippen molar-refractivity contribution in [1.82, 2.24) is 4.31 Å². The Bertz CT molecular complexity index is 624. The van der Waals surface area contributed by atoms with Gasteiger partial charge in [0.05, 0.1) is 11.6 Å². The van der Waals surface area contributed by atoms with Crippen LogP contribution < -0.4 is 5.73 Å². The molecule has 0 aliphatic carbocycles. The van der Waals surface area contributed by atoms with Crippen LogP contribution in [0.1, 0.15) is 25.7 Å². The molecule has 3 N–H and O–H groups in total. The van der Waals surface area contributed by atoms with Crippen LogP contribution in [0.25, 0.3) is 0 Å². The molecule has 1 saturated heterocycles. The van der Waals surface area contributed by atoms with Gasteiger partial charge in [-0.3, -0.25) is 0 Å². The minimum Gasteiger partial charge on any atom is -0.399 e. The SMILES string of the molecule is Nc1cc(Cl)c(F)c(S(=O)(=O)N2CCCCCC2CO)c1. The Morgan fingerprint density at radius 2 is 2.10 bits per heavy atom. The van der Waals surface area contributed by atoms with Crippen molar-refractivity contribution in [2.45, 2.75) is 36.6 Å². The standard InChI is InChI=1S/C13H18ClFN2O3S/c14-11-6-9(16)7-12(13(11)15)21(19,20)17-5-3-1-2-4-10(17)8-18/h6-7,10,18H,1-5,8,16H2. The Hall–Kier alpha value is -0.890. The predicted molar refractivity (Wildman–Crippen MR) is 79.1 cm³/mol. The van der Waals surface area contributed by atoms with Crippen LogP contribution in [-0.2, 0) is 10.0 Å². The first kappa shape index (κ1) is 16.5. The molecule has 1 fully saturated rings. The molecule has 1 heterocycles. The fraction of sp³-hybridized carbons (Fsp3) is 0.538. The van der Waals surface area contributed by atoms with Gasteiger partial charge in [-0.05, 0) is 25.0 Å². The number of benzene rings is 1. The zero-order chi connectivity index (χ0) is 15.6. The van der Waals surface area contributed by atoms with Crippen LogP contribution in [-0.4, -0.2) is 37.0 Å². The van der Waals surface area contributed by atoms with E-state index in [2.05, 4.69) is 0 Å². The minimum absolute atomic E-state index is 0.0790. The van der Waals surface area contributed by atoms with E-state index < -0.39 is 26.8 Å². The van der Waals surface area contributed by atoms with E-state index in [0.29, 0.717) is 12.8 Å². The summed E-state index contributed by atoms with van der Waals surface area (Å²) in [5, 5.41) is 9.09. The lowest BCUT2D eigenvalue weighted by Gasteiger charge is -2.28. The quantitative estimate of drug-likeness (QED) is 0.827. The van der Waals surface area contributed by atoms with Crippen LogP contribution >= 0.6 is 11.6 Å². The summed E-state index contributed by atoms with van der Waals surface area (Å²) in [4.78, 5) is -0.534. The average Bonchev–Trinajstić information content (AvgIpc) is 2.68. The first-order chi connectivity index (χ1) is 9.87. The highest BCUT2D eigenvalue weighted by molar-refractivity contribution is 7.89. The molecule has 1 aromatic carbocycles. The Kier molecular flexibility index (Phi) is 5.08. The second kappa shape index (κ2) is 6.48. The topological polar surface area (TPSA) is 83.6 Å². The van der Waals surface area contributed by atoms with E-state index in [4.69, 9.17) is 17.3 Å². The van der Waals surface area contributed by atoms with Gasteiger partial charge in [-0.2, -0.15) is 4.31 Å². The summed E-state index contributed by atoms with van der Waals surface area (Å²) in [7, 11) is -4.09. The van der Waals surface area contributed by atoms with E-state index in [1.54, 1.807) is 0 Å². The van der Waals surface area contributed by atoms with Crippen molar-refractivity contribution >= 4 is 27.3 Å². The normalized spacial score (nSPS) is 21.2. The average molecular weight is 337 g/mol. The molecule has 8 heteroatoms. The molecule has 0 amide bonds. The lowest BCUT2D eigenvalue weighted by Crippen LogP contribution is -2.42. The lowest BCUT2D eigenvalue weighted by molar-refractivity contribution is 0.186. The van der Waals surface area contributed by atoms with E-state index in [1.165, 1.54) is 6.07 Å². The summed E-state index contributed by atoms with van der Waals surface area (Å²) < 4.78 is 40.7. The van der Waals surface area contributed by atoms with Crippen molar-refractivity contribution in [3.8, 4) is 0 Å². The summed E-state index contributed by atoms with van der Waals surface area (Å²) >= 11 is 5.68. The Labute approximate surface area is 128 Å². The van der Waals surface area contributed by atoms with Gasteiger partial charge in [-0.1, -0.05) is 24.4 Å². The van der Waals surface area contributed by atoms with E-state index in [0.717, 1.165) is 23.2 Å². The van der Waals surface area contributed by atoms with Crippen molar-refractivity contribution in [2.24, 2.45) is 0 Å². The van der Waals surface area contributed by atoms with Crippen molar-refractivity contribution in [3.05, 3.63) is 23.0 Å². The van der Waals surface area contributed by atoms with Crippen LogP contribution in [0.4, 0.5) is 10.1 Å². The highest BCUT2D eigenvalue weighted by Gasteiger charge is 2.34. The summed E-state index contributed by atoms with van der Waals surface area (Å²) in [6, 6.07) is 1.69. The zero-order valence-corrected chi connectivity index (χ0v) is 13.0. The molecule has 1 aliphatic rings. The van der Waals surface area contributed by atoms with Gasteiger partial charge in [0, 0.05) is 18.3 Å². The van der Waals surface area contributed by atoms with Crippen LogP contribution in [0.2, 0.25) is 5.02 Å². The number of nitrogens with zero attached hydrogens (tertiary/aromatic N) is 1. The molecule has 0 spiro atoms. The summed E-state index contributed by atoms with van der Waals surface area (Å²) in [5.74, 6) is -1.01.